The Morgan fingerprint density at radius 1 is 0.351 bits per heavy atom. The summed E-state index contributed by atoms with van der Waals surface area (Å²) in [5, 5.41) is 5.10. The van der Waals surface area contributed by atoms with E-state index in [2.05, 4.69) is 281 Å². The second-order valence-corrected chi connectivity index (χ2v) is 26.9. The summed E-state index contributed by atoms with van der Waals surface area (Å²) in [6, 6.07) is 59.5. The van der Waals surface area contributed by atoms with Crippen LogP contribution in [0.5, 0.6) is 0 Å². The molecule has 8 aromatic carbocycles. The summed E-state index contributed by atoms with van der Waals surface area (Å²) < 4.78 is 5.13. The minimum absolute atomic E-state index is 0.00840. The Labute approximate surface area is 440 Å². The molecule has 0 radical (unpaired) electrons. The van der Waals surface area contributed by atoms with Crippen LogP contribution in [0.15, 0.2) is 152 Å². The number of hydrogen-bond acceptors (Lipinski definition) is 2. The molecule has 2 aliphatic rings. The van der Waals surface area contributed by atoms with Gasteiger partial charge >= 0.3 is 0 Å². The second kappa shape index (κ2) is 16.0. The van der Waals surface area contributed by atoms with Crippen LogP contribution in [0.4, 0.5) is 34.1 Å². The van der Waals surface area contributed by atoms with Gasteiger partial charge in [-0.15, -0.1) is 0 Å². The number of benzene rings is 8. The molecule has 0 saturated carbocycles. The van der Waals surface area contributed by atoms with Gasteiger partial charge in [0.05, 0.1) is 27.9 Å². The SMILES string of the molecule is Cn1c2ccccc2c2c(-n3c4ccc(C(C)(C)C)cc4c4cc(C(C)(C)C)ccc43)cc3c(c21)N(c1ccc(C(C)(C)C)cc1)c1cccc2c1B3c1cc(C(C)(C)C)ccc1N2c1ccc(C(C)(C)C)cc1. The third kappa shape index (κ3) is 7.30. The minimum atomic E-state index is -0.0852. The molecule has 4 nitrogen and oxygen atoms in total. The fourth-order valence-corrected chi connectivity index (χ4v) is 12.4. The molecule has 0 bridgehead atoms. The molecule has 5 heteroatoms. The van der Waals surface area contributed by atoms with E-state index in [4.69, 9.17) is 0 Å². The predicted octanol–water partition coefficient (Wildman–Crippen LogP) is 17.0. The molecule has 0 spiro atoms. The lowest BCUT2D eigenvalue weighted by atomic mass is 9.33. The van der Waals surface area contributed by atoms with Gasteiger partial charge in [0.25, 0.3) is 6.71 Å². The van der Waals surface area contributed by atoms with Gasteiger partial charge in [-0.1, -0.05) is 177 Å². The Morgan fingerprint density at radius 2 is 0.811 bits per heavy atom. The number of para-hydroxylation sites is 1. The lowest BCUT2D eigenvalue weighted by Crippen LogP contribution is -2.61. The van der Waals surface area contributed by atoms with Crippen LogP contribution in [0.25, 0.3) is 49.3 Å². The third-order valence-corrected chi connectivity index (χ3v) is 16.7. The Hall–Kier alpha value is -6.98. The molecule has 0 aliphatic carbocycles. The van der Waals surface area contributed by atoms with Gasteiger partial charge in [-0.3, -0.25) is 0 Å². The van der Waals surface area contributed by atoms with E-state index in [9.17, 15) is 0 Å². The van der Waals surface area contributed by atoms with E-state index in [1.54, 1.807) is 0 Å². The molecule has 12 rings (SSSR count). The van der Waals surface area contributed by atoms with Crippen LogP contribution in [0.3, 0.4) is 0 Å². The van der Waals surface area contributed by atoms with E-state index in [-0.39, 0.29) is 33.8 Å². The summed E-state index contributed by atoms with van der Waals surface area (Å²) in [7, 11) is 2.30. The van der Waals surface area contributed by atoms with E-state index < -0.39 is 0 Å². The molecule has 4 heterocycles. The maximum absolute atomic E-state index is 2.63. The highest BCUT2D eigenvalue weighted by atomic mass is 15.2. The van der Waals surface area contributed by atoms with Crippen molar-refractivity contribution in [1.82, 2.24) is 9.13 Å². The average Bonchev–Trinajstić information content (AvgIpc) is 3.85. The highest BCUT2D eigenvalue weighted by molar-refractivity contribution is 7.00. The lowest BCUT2D eigenvalue weighted by Gasteiger charge is -2.45. The van der Waals surface area contributed by atoms with Crippen LogP contribution in [-0.4, -0.2) is 15.8 Å². The largest absolute Gasteiger partial charge is 0.342 e. The van der Waals surface area contributed by atoms with Crippen LogP contribution in [0.2, 0.25) is 0 Å². The molecular formula is C69H73BN4. The van der Waals surface area contributed by atoms with E-state index in [1.165, 1.54) is 122 Å². The minimum Gasteiger partial charge on any atom is -0.342 e. The third-order valence-electron chi connectivity index (χ3n) is 16.7. The summed E-state index contributed by atoms with van der Waals surface area (Å²) in [6.45, 7) is 34.8. The van der Waals surface area contributed by atoms with Crippen molar-refractivity contribution in [1.29, 1.82) is 0 Å². The van der Waals surface area contributed by atoms with Crippen molar-refractivity contribution in [2.24, 2.45) is 7.05 Å². The molecule has 0 N–H and O–H groups in total. The normalized spacial score (nSPS) is 14.1. The van der Waals surface area contributed by atoms with Gasteiger partial charge in [0.15, 0.2) is 0 Å². The van der Waals surface area contributed by atoms with Gasteiger partial charge in [0.1, 0.15) is 0 Å². The monoisotopic (exact) mass is 969 g/mol. The summed E-state index contributed by atoms with van der Waals surface area (Å²) in [5.41, 5.74) is 23.9. The fourth-order valence-electron chi connectivity index (χ4n) is 12.4. The standard InChI is InChI=1S/C69H73BN4/c1-65(2,3)42-24-31-47(32-25-42)72-57-37-30-46(69(13,14)15)40-52(57)70-53-41-60(74-55-35-28-44(67(7,8)9)38-50(55)51-39-45(68(10,11)12)29-36-56(51)74)61-49-20-17-18-21-54(49)71(16)64(61)63(53)73(59-23-19-22-58(72)62(59)70)48-33-26-43(27-34-48)66(4,5)6/h17-41H,1-16H3. The summed E-state index contributed by atoms with van der Waals surface area (Å²) in [6.07, 6.45) is 0. The second-order valence-electron chi connectivity index (χ2n) is 26.9. The number of aryl methyl sites for hydroxylation is 1. The van der Waals surface area contributed by atoms with Crippen LogP contribution >= 0.6 is 0 Å². The first-order valence-corrected chi connectivity index (χ1v) is 27.0. The van der Waals surface area contributed by atoms with Gasteiger partial charge in [0.2, 0.25) is 0 Å². The first-order chi connectivity index (χ1) is 34.8. The molecule has 0 amide bonds. The lowest BCUT2D eigenvalue weighted by molar-refractivity contribution is 0.590. The van der Waals surface area contributed by atoms with E-state index in [1.807, 2.05) is 0 Å². The Bertz CT molecular complexity index is 3850. The predicted molar refractivity (Wildman–Crippen MR) is 322 cm³/mol. The summed E-state index contributed by atoms with van der Waals surface area (Å²) in [5.74, 6) is 0. The van der Waals surface area contributed by atoms with Crippen LogP contribution in [-0.2, 0) is 34.1 Å². The van der Waals surface area contributed by atoms with Crippen molar-refractivity contribution in [3.05, 3.63) is 179 Å². The maximum atomic E-state index is 2.63. The van der Waals surface area contributed by atoms with Gasteiger partial charge in [-0.05, 0) is 150 Å². The van der Waals surface area contributed by atoms with Crippen molar-refractivity contribution >= 4 is 101 Å². The van der Waals surface area contributed by atoms with Crippen molar-refractivity contribution < 1.29 is 0 Å². The Morgan fingerprint density at radius 3 is 1.34 bits per heavy atom. The highest BCUT2D eigenvalue weighted by Crippen LogP contribution is 2.50. The fraction of sp³-hybridized carbons (Fsp3) is 0.304. The molecule has 2 aliphatic heterocycles. The van der Waals surface area contributed by atoms with Crippen LogP contribution in [0.1, 0.15) is 132 Å². The number of anilines is 6. The maximum Gasteiger partial charge on any atom is 0.252 e. The molecule has 0 unspecified atom stereocenters. The number of rotatable bonds is 3. The van der Waals surface area contributed by atoms with Gasteiger partial charge in [-0.25, -0.2) is 0 Å². The van der Waals surface area contributed by atoms with E-state index in [0.717, 1.165) is 5.69 Å². The van der Waals surface area contributed by atoms with Crippen LogP contribution in [0, 0.1) is 0 Å². The van der Waals surface area contributed by atoms with E-state index >= 15 is 0 Å². The zero-order valence-corrected chi connectivity index (χ0v) is 46.8. The average molecular weight is 969 g/mol. The number of fused-ring (bicyclic) bond motifs is 11. The van der Waals surface area contributed by atoms with Gasteiger partial charge in [0, 0.05) is 62.5 Å². The molecule has 2 aromatic heterocycles. The zero-order valence-electron chi connectivity index (χ0n) is 46.8. The van der Waals surface area contributed by atoms with E-state index in [0.29, 0.717) is 0 Å². The molecule has 0 saturated heterocycles. The van der Waals surface area contributed by atoms with Crippen LogP contribution < -0.4 is 26.2 Å². The summed E-state index contributed by atoms with van der Waals surface area (Å²) in [4.78, 5) is 5.18. The first kappa shape index (κ1) is 48.0. The number of aromatic nitrogens is 2. The molecular weight excluding hydrogens is 896 g/mol. The summed E-state index contributed by atoms with van der Waals surface area (Å²) >= 11 is 0. The van der Waals surface area contributed by atoms with Crippen molar-refractivity contribution in [2.45, 2.75) is 131 Å². The van der Waals surface area contributed by atoms with Crippen molar-refractivity contribution in [2.75, 3.05) is 9.80 Å². The Balaban J connectivity index is 1.26. The quantitative estimate of drug-likeness (QED) is 0.164. The highest BCUT2D eigenvalue weighted by Gasteiger charge is 2.45. The zero-order chi connectivity index (χ0) is 52.3. The topological polar surface area (TPSA) is 16.3 Å². The molecule has 372 valence electrons. The molecule has 0 fully saturated rings. The van der Waals surface area contributed by atoms with Crippen molar-refractivity contribution in [3.8, 4) is 5.69 Å². The number of hydrogen-bond donors (Lipinski definition) is 0. The van der Waals surface area contributed by atoms with Gasteiger partial charge in [-0.2, -0.15) is 0 Å². The number of nitrogens with zero attached hydrogens (tertiary/aromatic N) is 4. The van der Waals surface area contributed by atoms with Crippen molar-refractivity contribution in [3.63, 3.8) is 0 Å². The molecule has 74 heavy (non-hydrogen) atoms. The first-order valence-electron chi connectivity index (χ1n) is 27.0. The Kier molecular flexibility index (Phi) is 10.4. The smallest absolute Gasteiger partial charge is 0.252 e. The van der Waals surface area contributed by atoms with Gasteiger partial charge < -0.3 is 18.9 Å². The molecule has 10 aromatic rings. The molecule has 0 atom stereocenters.